The smallest absolute Gasteiger partial charge is 0.0676 e. The Labute approximate surface area is 119 Å². The Bertz CT molecular complexity index is 323. The van der Waals surface area contributed by atoms with Crippen LogP contribution < -0.4 is 0 Å². The summed E-state index contributed by atoms with van der Waals surface area (Å²) >= 11 is 0. The molecule has 1 atom stereocenters. The van der Waals surface area contributed by atoms with E-state index in [0.29, 0.717) is 5.92 Å². The van der Waals surface area contributed by atoms with E-state index in [9.17, 15) is 5.11 Å². The van der Waals surface area contributed by atoms with Gasteiger partial charge in [-0.25, -0.2) is 0 Å². The fourth-order valence-corrected chi connectivity index (χ4v) is 2.74. The van der Waals surface area contributed by atoms with Crippen LogP contribution in [0, 0.1) is 5.92 Å². The normalized spacial score (nSPS) is 13.5. The highest BCUT2D eigenvalue weighted by Crippen LogP contribution is 2.31. The number of hydrogen-bond acceptors (Lipinski definition) is 1. The predicted molar refractivity (Wildman–Crippen MR) is 83.3 cm³/mol. The molecule has 0 heterocycles. The van der Waals surface area contributed by atoms with Crippen molar-refractivity contribution in [3.8, 4) is 0 Å². The zero-order chi connectivity index (χ0) is 14.1. The first kappa shape index (κ1) is 16.2. The SMILES string of the molecule is CCCCC(O)(CCCC)C(C)Cc1ccccc1. The van der Waals surface area contributed by atoms with Crippen LogP contribution in [-0.2, 0) is 6.42 Å². The minimum absolute atomic E-state index is 0.327. The summed E-state index contributed by atoms with van der Waals surface area (Å²) in [6.45, 7) is 6.60. The van der Waals surface area contributed by atoms with E-state index in [1.54, 1.807) is 0 Å². The van der Waals surface area contributed by atoms with Gasteiger partial charge in [-0.1, -0.05) is 76.8 Å². The Morgan fingerprint density at radius 1 is 1.00 bits per heavy atom. The Morgan fingerprint density at radius 3 is 2.00 bits per heavy atom. The molecule has 0 saturated heterocycles. The average Bonchev–Trinajstić information content (AvgIpc) is 2.44. The maximum Gasteiger partial charge on any atom is 0.0676 e. The predicted octanol–water partition coefficient (Wildman–Crippen LogP) is 4.98. The summed E-state index contributed by atoms with van der Waals surface area (Å²) in [7, 11) is 0. The molecule has 1 unspecified atom stereocenters. The molecule has 0 amide bonds. The van der Waals surface area contributed by atoms with Crippen molar-refractivity contribution in [3.05, 3.63) is 35.9 Å². The molecule has 0 saturated carbocycles. The third-order valence-electron chi connectivity index (χ3n) is 4.23. The molecule has 1 nitrogen and oxygen atoms in total. The molecule has 19 heavy (non-hydrogen) atoms. The van der Waals surface area contributed by atoms with Crippen molar-refractivity contribution >= 4 is 0 Å². The summed E-state index contributed by atoms with van der Waals surface area (Å²) < 4.78 is 0. The zero-order valence-electron chi connectivity index (χ0n) is 12.9. The van der Waals surface area contributed by atoms with E-state index in [0.717, 1.165) is 44.9 Å². The summed E-state index contributed by atoms with van der Waals surface area (Å²) in [5.41, 5.74) is 0.850. The molecule has 1 rings (SSSR count). The summed E-state index contributed by atoms with van der Waals surface area (Å²) in [5, 5.41) is 11.0. The highest BCUT2D eigenvalue weighted by molar-refractivity contribution is 5.15. The van der Waals surface area contributed by atoms with Crippen LogP contribution in [0.25, 0.3) is 0 Å². The maximum absolute atomic E-state index is 11.0. The van der Waals surface area contributed by atoms with Crippen molar-refractivity contribution in [1.82, 2.24) is 0 Å². The minimum atomic E-state index is -0.484. The van der Waals surface area contributed by atoms with Crippen molar-refractivity contribution in [2.24, 2.45) is 5.92 Å². The molecular weight excluding hydrogens is 232 g/mol. The maximum atomic E-state index is 11.0. The van der Waals surface area contributed by atoms with Gasteiger partial charge in [-0.05, 0) is 30.7 Å². The molecular formula is C18H30O. The second-order valence-corrected chi connectivity index (χ2v) is 5.90. The van der Waals surface area contributed by atoms with Gasteiger partial charge in [-0.3, -0.25) is 0 Å². The number of hydrogen-bond donors (Lipinski definition) is 1. The Hall–Kier alpha value is -0.820. The van der Waals surface area contributed by atoms with E-state index in [1.807, 2.05) is 0 Å². The van der Waals surface area contributed by atoms with Crippen LogP contribution in [0.4, 0.5) is 0 Å². The molecule has 0 spiro atoms. The van der Waals surface area contributed by atoms with Crippen LogP contribution in [0.5, 0.6) is 0 Å². The first-order chi connectivity index (χ1) is 9.12. The monoisotopic (exact) mass is 262 g/mol. The highest BCUT2D eigenvalue weighted by Gasteiger charge is 2.32. The van der Waals surface area contributed by atoms with Crippen LogP contribution >= 0.6 is 0 Å². The van der Waals surface area contributed by atoms with Gasteiger partial charge >= 0.3 is 0 Å². The fraction of sp³-hybridized carbons (Fsp3) is 0.667. The lowest BCUT2D eigenvalue weighted by Gasteiger charge is -2.35. The summed E-state index contributed by atoms with van der Waals surface area (Å²) in [5.74, 6) is 0.327. The minimum Gasteiger partial charge on any atom is -0.390 e. The van der Waals surface area contributed by atoms with Crippen molar-refractivity contribution in [3.63, 3.8) is 0 Å². The van der Waals surface area contributed by atoms with Crippen LogP contribution in [0.2, 0.25) is 0 Å². The molecule has 108 valence electrons. The molecule has 0 aromatic heterocycles. The molecule has 1 aromatic carbocycles. The van der Waals surface area contributed by atoms with E-state index in [1.165, 1.54) is 5.56 Å². The lowest BCUT2D eigenvalue weighted by Crippen LogP contribution is -2.37. The van der Waals surface area contributed by atoms with Crippen molar-refractivity contribution in [1.29, 1.82) is 0 Å². The van der Waals surface area contributed by atoms with E-state index in [4.69, 9.17) is 0 Å². The average molecular weight is 262 g/mol. The van der Waals surface area contributed by atoms with Gasteiger partial charge in [0.15, 0.2) is 0 Å². The van der Waals surface area contributed by atoms with Crippen LogP contribution in [0.3, 0.4) is 0 Å². The largest absolute Gasteiger partial charge is 0.390 e. The van der Waals surface area contributed by atoms with E-state index in [-0.39, 0.29) is 0 Å². The van der Waals surface area contributed by atoms with Gasteiger partial charge in [0, 0.05) is 0 Å². The molecule has 0 fully saturated rings. The van der Waals surface area contributed by atoms with Crippen molar-refractivity contribution in [2.45, 2.75) is 71.3 Å². The van der Waals surface area contributed by atoms with Crippen LogP contribution in [0.1, 0.15) is 64.9 Å². The standard InChI is InChI=1S/C18H30O/c1-4-6-13-18(19,14-7-5-2)16(3)15-17-11-9-8-10-12-17/h8-12,16,19H,4-7,13-15H2,1-3H3. The van der Waals surface area contributed by atoms with E-state index in [2.05, 4.69) is 51.1 Å². The summed E-state index contributed by atoms with van der Waals surface area (Å²) in [6, 6.07) is 10.5. The fourth-order valence-electron chi connectivity index (χ4n) is 2.74. The third kappa shape index (κ3) is 5.36. The Balaban J connectivity index is 2.67. The van der Waals surface area contributed by atoms with Gasteiger partial charge in [0.05, 0.1) is 5.60 Å². The molecule has 1 aromatic rings. The Kier molecular flexibility index (Phi) is 7.15. The van der Waals surface area contributed by atoms with E-state index >= 15 is 0 Å². The van der Waals surface area contributed by atoms with Gasteiger partial charge < -0.3 is 5.11 Å². The van der Waals surface area contributed by atoms with Gasteiger partial charge in [0.1, 0.15) is 0 Å². The number of aliphatic hydroxyl groups is 1. The lowest BCUT2D eigenvalue weighted by molar-refractivity contribution is -0.0306. The van der Waals surface area contributed by atoms with Crippen molar-refractivity contribution in [2.75, 3.05) is 0 Å². The molecule has 0 radical (unpaired) electrons. The van der Waals surface area contributed by atoms with Gasteiger partial charge in [0.25, 0.3) is 0 Å². The second kappa shape index (κ2) is 8.37. The number of benzene rings is 1. The molecule has 0 bridgehead atoms. The first-order valence-electron chi connectivity index (χ1n) is 7.88. The zero-order valence-corrected chi connectivity index (χ0v) is 12.9. The summed E-state index contributed by atoms with van der Waals surface area (Å²) in [4.78, 5) is 0. The lowest BCUT2D eigenvalue weighted by atomic mass is 9.77. The molecule has 0 aliphatic carbocycles. The van der Waals surface area contributed by atoms with Crippen molar-refractivity contribution < 1.29 is 5.11 Å². The third-order valence-corrected chi connectivity index (χ3v) is 4.23. The van der Waals surface area contributed by atoms with Crippen LogP contribution in [-0.4, -0.2) is 10.7 Å². The van der Waals surface area contributed by atoms with Crippen LogP contribution in [0.15, 0.2) is 30.3 Å². The quantitative estimate of drug-likeness (QED) is 0.665. The molecule has 1 N–H and O–H groups in total. The highest BCUT2D eigenvalue weighted by atomic mass is 16.3. The van der Waals surface area contributed by atoms with Gasteiger partial charge in [-0.2, -0.15) is 0 Å². The topological polar surface area (TPSA) is 20.2 Å². The number of rotatable bonds is 9. The summed E-state index contributed by atoms with van der Waals surface area (Å²) in [6.07, 6.45) is 7.43. The van der Waals surface area contributed by atoms with E-state index < -0.39 is 5.60 Å². The second-order valence-electron chi connectivity index (χ2n) is 5.90. The first-order valence-corrected chi connectivity index (χ1v) is 7.88. The number of unbranched alkanes of at least 4 members (excludes halogenated alkanes) is 2. The Morgan fingerprint density at radius 2 is 1.53 bits per heavy atom. The van der Waals surface area contributed by atoms with Gasteiger partial charge in [-0.15, -0.1) is 0 Å². The van der Waals surface area contributed by atoms with Gasteiger partial charge in [0.2, 0.25) is 0 Å². The molecule has 0 aliphatic rings. The molecule has 1 heteroatoms. The molecule has 0 aliphatic heterocycles.